The van der Waals surface area contributed by atoms with E-state index in [0.717, 1.165) is 42.9 Å². The van der Waals surface area contributed by atoms with Gasteiger partial charge in [0.05, 0.1) is 5.69 Å². The number of fused-ring (bicyclic) bond motifs is 1. The fourth-order valence-electron chi connectivity index (χ4n) is 3.27. The molecule has 0 fully saturated rings. The van der Waals surface area contributed by atoms with Crippen LogP contribution in [0, 0.1) is 5.82 Å². The molecule has 1 N–H and O–H groups in total. The van der Waals surface area contributed by atoms with E-state index in [4.69, 9.17) is 11.6 Å². The predicted molar refractivity (Wildman–Crippen MR) is 105 cm³/mol. The summed E-state index contributed by atoms with van der Waals surface area (Å²) >= 11 is 6.45. The van der Waals surface area contributed by atoms with Gasteiger partial charge in [0.1, 0.15) is 11.0 Å². The summed E-state index contributed by atoms with van der Waals surface area (Å²) < 4.78 is 13.0. The summed E-state index contributed by atoms with van der Waals surface area (Å²) in [5, 5.41) is 3.68. The van der Waals surface area contributed by atoms with Crippen molar-refractivity contribution in [3.8, 4) is 0 Å². The van der Waals surface area contributed by atoms with Crippen molar-refractivity contribution in [2.24, 2.45) is 0 Å². The van der Waals surface area contributed by atoms with Crippen LogP contribution in [-0.4, -0.2) is 21.4 Å². The van der Waals surface area contributed by atoms with Gasteiger partial charge in [0.15, 0.2) is 0 Å². The van der Waals surface area contributed by atoms with E-state index in [9.17, 15) is 4.39 Å². The van der Waals surface area contributed by atoms with Crippen LogP contribution in [0.25, 0.3) is 0 Å². The highest BCUT2D eigenvalue weighted by Crippen LogP contribution is 2.26. The van der Waals surface area contributed by atoms with Crippen molar-refractivity contribution in [1.29, 1.82) is 0 Å². The lowest BCUT2D eigenvalue weighted by Gasteiger charge is -2.28. The molecule has 2 heterocycles. The largest absolute Gasteiger partial charge is 0.350 e. The van der Waals surface area contributed by atoms with E-state index in [1.807, 2.05) is 6.07 Å². The minimum absolute atomic E-state index is 0.244. The number of anilines is 1. The highest BCUT2D eigenvalue weighted by Gasteiger charge is 2.21. The van der Waals surface area contributed by atoms with Gasteiger partial charge in [0.25, 0.3) is 0 Å². The quantitative estimate of drug-likeness (QED) is 0.662. The van der Waals surface area contributed by atoms with Crippen molar-refractivity contribution in [2.45, 2.75) is 26.1 Å². The van der Waals surface area contributed by atoms with E-state index in [2.05, 4.69) is 44.5 Å². The van der Waals surface area contributed by atoms with Crippen LogP contribution in [0.1, 0.15) is 22.4 Å². The Morgan fingerprint density at radius 1 is 1.00 bits per heavy atom. The molecule has 27 heavy (non-hydrogen) atoms. The number of benzene rings is 2. The number of aromatic nitrogens is 2. The lowest BCUT2D eigenvalue weighted by atomic mass is 10.1. The van der Waals surface area contributed by atoms with Gasteiger partial charge in [-0.05, 0) is 23.3 Å². The minimum atomic E-state index is -0.244. The monoisotopic (exact) mass is 382 g/mol. The Balaban J connectivity index is 1.43. The maximum Gasteiger partial charge on any atom is 0.224 e. The molecule has 1 aliphatic rings. The lowest BCUT2D eigenvalue weighted by Crippen LogP contribution is -2.31. The molecule has 0 spiro atoms. The van der Waals surface area contributed by atoms with Crippen LogP contribution in [0.15, 0.2) is 54.6 Å². The zero-order valence-electron chi connectivity index (χ0n) is 14.8. The van der Waals surface area contributed by atoms with Crippen LogP contribution in [0.5, 0.6) is 0 Å². The number of rotatable bonds is 5. The molecule has 0 bridgehead atoms. The zero-order chi connectivity index (χ0) is 18.6. The molecular formula is C21H20ClFN4. The first kappa shape index (κ1) is 17.9. The summed E-state index contributed by atoms with van der Waals surface area (Å²) in [4.78, 5) is 11.4. The van der Waals surface area contributed by atoms with E-state index < -0.39 is 0 Å². The van der Waals surface area contributed by atoms with E-state index in [1.54, 1.807) is 12.1 Å². The third kappa shape index (κ3) is 4.43. The molecule has 2 aromatic carbocycles. The molecule has 0 radical (unpaired) electrons. The third-order valence-corrected chi connectivity index (χ3v) is 5.01. The Morgan fingerprint density at radius 2 is 1.78 bits per heavy atom. The summed E-state index contributed by atoms with van der Waals surface area (Å²) in [5.74, 6) is 0.270. The molecule has 4 nitrogen and oxygen atoms in total. The molecule has 0 atom stereocenters. The van der Waals surface area contributed by atoms with Gasteiger partial charge >= 0.3 is 0 Å². The molecule has 4 rings (SSSR count). The molecule has 0 unspecified atom stereocenters. The van der Waals surface area contributed by atoms with E-state index in [0.29, 0.717) is 17.6 Å². The number of nitrogens with zero attached hydrogens (tertiary/aromatic N) is 3. The number of hydrogen-bond donors (Lipinski definition) is 1. The van der Waals surface area contributed by atoms with Crippen LogP contribution < -0.4 is 5.32 Å². The molecule has 0 saturated carbocycles. The van der Waals surface area contributed by atoms with Crippen LogP contribution in [0.2, 0.25) is 5.15 Å². The molecule has 0 saturated heterocycles. The number of halogens is 2. The fraction of sp³-hybridized carbons (Fsp3) is 0.238. The summed E-state index contributed by atoms with van der Waals surface area (Å²) in [6, 6.07) is 16.8. The van der Waals surface area contributed by atoms with Gasteiger partial charge in [-0.3, -0.25) is 4.90 Å². The normalized spacial score (nSPS) is 14.0. The molecule has 0 aliphatic carbocycles. The van der Waals surface area contributed by atoms with Gasteiger partial charge in [-0.25, -0.2) is 14.4 Å². The minimum Gasteiger partial charge on any atom is -0.350 e. The SMILES string of the molecule is Fc1ccc(CNc2nc(Cl)c3c(n2)CCN(Cc2ccccc2)C3)cc1. The van der Waals surface area contributed by atoms with Gasteiger partial charge < -0.3 is 5.32 Å². The first-order chi connectivity index (χ1) is 13.2. The molecule has 0 amide bonds. The Labute approximate surface area is 163 Å². The average Bonchev–Trinajstić information content (AvgIpc) is 2.69. The molecule has 3 aromatic rings. The Hall–Kier alpha value is -2.50. The highest BCUT2D eigenvalue weighted by molar-refractivity contribution is 6.30. The standard InChI is InChI=1S/C21H20ClFN4/c22-20-18-14-27(13-16-4-2-1-3-5-16)11-10-19(18)25-21(26-20)24-12-15-6-8-17(23)9-7-15/h1-9H,10-14H2,(H,24,25,26). The maximum atomic E-state index is 13.0. The second-order valence-electron chi connectivity index (χ2n) is 6.69. The van der Waals surface area contributed by atoms with Crippen molar-refractivity contribution in [3.63, 3.8) is 0 Å². The van der Waals surface area contributed by atoms with Crippen molar-refractivity contribution in [1.82, 2.24) is 14.9 Å². The van der Waals surface area contributed by atoms with E-state index in [1.165, 1.54) is 17.7 Å². The van der Waals surface area contributed by atoms with Crippen molar-refractivity contribution >= 4 is 17.5 Å². The zero-order valence-corrected chi connectivity index (χ0v) is 15.6. The van der Waals surface area contributed by atoms with Crippen LogP contribution >= 0.6 is 11.6 Å². The van der Waals surface area contributed by atoms with Gasteiger partial charge in [-0.2, -0.15) is 0 Å². The Bertz CT molecular complexity index is 915. The topological polar surface area (TPSA) is 41.1 Å². The highest BCUT2D eigenvalue weighted by atomic mass is 35.5. The van der Waals surface area contributed by atoms with E-state index >= 15 is 0 Å². The van der Waals surface area contributed by atoms with Crippen LogP contribution in [0.4, 0.5) is 10.3 Å². The Kier molecular flexibility index (Phi) is 5.32. The van der Waals surface area contributed by atoms with Crippen LogP contribution in [0.3, 0.4) is 0 Å². The third-order valence-electron chi connectivity index (χ3n) is 4.70. The average molecular weight is 383 g/mol. The second kappa shape index (κ2) is 8.03. The summed E-state index contributed by atoms with van der Waals surface area (Å²) in [7, 11) is 0. The molecule has 138 valence electrons. The second-order valence-corrected chi connectivity index (χ2v) is 7.05. The van der Waals surface area contributed by atoms with Gasteiger partial charge in [-0.15, -0.1) is 0 Å². The predicted octanol–water partition coefficient (Wildman–Crippen LogP) is 4.44. The first-order valence-corrected chi connectivity index (χ1v) is 9.35. The van der Waals surface area contributed by atoms with Gasteiger partial charge in [-0.1, -0.05) is 54.1 Å². The maximum absolute atomic E-state index is 13.0. The fourth-order valence-corrected chi connectivity index (χ4v) is 3.52. The summed E-state index contributed by atoms with van der Waals surface area (Å²) in [5.41, 5.74) is 4.26. The van der Waals surface area contributed by atoms with Crippen molar-refractivity contribution < 1.29 is 4.39 Å². The Morgan fingerprint density at radius 3 is 2.56 bits per heavy atom. The van der Waals surface area contributed by atoms with Crippen LogP contribution in [-0.2, 0) is 26.1 Å². The number of nitrogens with one attached hydrogen (secondary N) is 1. The molecule has 1 aromatic heterocycles. The van der Waals surface area contributed by atoms with Gasteiger partial charge in [0, 0.05) is 38.2 Å². The summed E-state index contributed by atoms with van der Waals surface area (Å²) in [6.45, 7) is 3.10. The van der Waals surface area contributed by atoms with Gasteiger partial charge in [0.2, 0.25) is 5.95 Å². The molecular weight excluding hydrogens is 363 g/mol. The smallest absolute Gasteiger partial charge is 0.224 e. The lowest BCUT2D eigenvalue weighted by molar-refractivity contribution is 0.243. The van der Waals surface area contributed by atoms with Crippen molar-refractivity contribution in [2.75, 3.05) is 11.9 Å². The number of hydrogen-bond acceptors (Lipinski definition) is 4. The molecule has 6 heteroatoms. The van der Waals surface area contributed by atoms with Crippen molar-refractivity contribution in [3.05, 3.63) is 88.0 Å². The van der Waals surface area contributed by atoms with E-state index in [-0.39, 0.29) is 5.82 Å². The summed E-state index contributed by atoms with van der Waals surface area (Å²) in [6.07, 6.45) is 0.843. The molecule has 1 aliphatic heterocycles. The first-order valence-electron chi connectivity index (χ1n) is 8.97.